The molecule has 0 N–H and O–H groups in total. The molecule has 6 heteroatoms. The average molecular weight is 258 g/mol. The summed E-state index contributed by atoms with van der Waals surface area (Å²) in [5.41, 5.74) is 0. The number of likely N-dealkylation sites (N-methyl/N-ethyl adjacent to an activating group) is 1. The topological polar surface area (TPSA) is 46.6 Å². The second-order valence-electron chi connectivity index (χ2n) is 3.82. The number of rotatable bonds is 8. The van der Waals surface area contributed by atoms with Gasteiger partial charge in [-0.25, -0.2) is 8.42 Å². The van der Waals surface area contributed by atoms with Gasteiger partial charge in [0.15, 0.2) is 0 Å². The van der Waals surface area contributed by atoms with Crippen molar-refractivity contribution in [1.29, 1.82) is 0 Å². The minimum atomic E-state index is -3.34. The molecule has 0 aliphatic heterocycles. The van der Waals surface area contributed by atoms with Gasteiger partial charge < -0.3 is 9.64 Å². The van der Waals surface area contributed by atoms with Crippen molar-refractivity contribution >= 4 is 19.7 Å². The van der Waals surface area contributed by atoms with Crippen LogP contribution >= 0.6 is 10.7 Å². The summed E-state index contributed by atoms with van der Waals surface area (Å²) in [6, 6.07) is 0. The van der Waals surface area contributed by atoms with Crippen LogP contribution in [0.15, 0.2) is 0 Å². The second-order valence-corrected chi connectivity index (χ2v) is 6.72. The molecule has 0 atom stereocenters. The Kier molecular flexibility index (Phi) is 7.52. The maximum Gasteiger partial charge on any atom is 0.232 e. The van der Waals surface area contributed by atoms with E-state index in [1.165, 1.54) is 0 Å². The van der Waals surface area contributed by atoms with Gasteiger partial charge in [-0.3, -0.25) is 0 Å². The molecular formula is C9H20ClNO3S. The third-order valence-electron chi connectivity index (χ3n) is 1.85. The molecule has 4 nitrogen and oxygen atoms in total. The summed E-state index contributed by atoms with van der Waals surface area (Å²) in [6.45, 7) is 6.16. The zero-order chi connectivity index (χ0) is 11.9. The lowest BCUT2D eigenvalue weighted by atomic mass is 10.4. The Balaban J connectivity index is 3.45. The van der Waals surface area contributed by atoms with Gasteiger partial charge in [0.2, 0.25) is 9.05 Å². The second kappa shape index (κ2) is 7.44. The molecule has 0 saturated heterocycles. The quantitative estimate of drug-likeness (QED) is 0.615. The van der Waals surface area contributed by atoms with Crippen LogP contribution in [0.2, 0.25) is 0 Å². The first-order valence-corrected chi connectivity index (χ1v) is 7.51. The van der Waals surface area contributed by atoms with E-state index in [0.717, 1.165) is 6.54 Å². The molecule has 0 fully saturated rings. The Hall–Kier alpha value is 0.160. The van der Waals surface area contributed by atoms with Crippen molar-refractivity contribution in [3.8, 4) is 0 Å². The minimum absolute atomic E-state index is 0.0317. The zero-order valence-electron chi connectivity index (χ0n) is 9.57. The molecule has 0 amide bonds. The van der Waals surface area contributed by atoms with E-state index in [4.69, 9.17) is 15.4 Å². The molecule has 0 bridgehead atoms. The SMILES string of the molecule is CC(C)OCCN(C)CCCS(=O)(=O)Cl. The van der Waals surface area contributed by atoms with Gasteiger partial charge >= 0.3 is 0 Å². The van der Waals surface area contributed by atoms with E-state index >= 15 is 0 Å². The molecule has 0 saturated carbocycles. The Bertz CT molecular complexity index is 254. The monoisotopic (exact) mass is 257 g/mol. The van der Waals surface area contributed by atoms with Crippen molar-refractivity contribution in [2.24, 2.45) is 0 Å². The highest BCUT2D eigenvalue weighted by Crippen LogP contribution is 1.99. The molecule has 0 unspecified atom stereocenters. The van der Waals surface area contributed by atoms with Gasteiger partial charge in [-0.05, 0) is 33.9 Å². The maximum atomic E-state index is 10.6. The van der Waals surface area contributed by atoms with E-state index in [1.54, 1.807) is 0 Å². The average Bonchev–Trinajstić information content (AvgIpc) is 2.00. The largest absolute Gasteiger partial charge is 0.377 e. The van der Waals surface area contributed by atoms with Crippen LogP contribution in [0.1, 0.15) is 20.3 Å². The number of halogens is 1. The van der Waals surface area contributed by atoms with Crippen molar-refractivity contribution in [3.05, 3.63) is 0 Å². The van der Waals surface area contributed by atoms with Gasteiger partial charge in [0, 0.05) is 17.2 Å². The molecule has 0 spiro atoms. The van der Waals surface area contributed by atoms with E-state index < -0.39 is 9.05 Å². The van der Waals surface area contributed by atoms with E-state index in [0.29, 0.717) is 19.6 Å². The number of ether oxygens (including phenoxy) is 1. The highest BCUT2D eigenvalue weighted by atomic mass is 35.7. The van der Waals surface area contributed by atoms with Crippen LogP contribution in [0.4, 0.5) is 0 Å². The Labute approximate surface area is 97.0 Å². The van der Waals surface area contributed by atoms with Crippen LogP contribution in [0, 0.1) is 0 Å². The molecule has 0 aromatic rings. The maximum absolute atomic E-state index is 10.6. The van der Waals surface area contributed by atoms with Gasteiger partial charge in [-0.15, -0.1) is 0 Å². The van der Waals surface area contributed by atoms with Crippen molar-refractivity contribution in [2.45, 2.75) is 26.4 Å². The fourth-order valence-electron chi connectivity index (χ4n) is 1.06. The van der Waals surface area contributed by atoms with Crippen LogP contribution in [0.25, 0.3) is 0 Å². The third kappa shape index (κ3) is 12.1. The van der Waals surface area contributed by atoms with E-state index in [2.05, 4.69) is 0 Å². The lowest BCUT2D eigenvalue weighted by Crippen LogP contribution is -2.26. The number of nitrogens with zero attached hydrogens (tertiary/aromatic N) is 1. The Morgan fingerprint density at radius 1 is 1.33 bits per heavy atom. The predicted octanol–water partition coefficient (Wildman–Crippen LogP) is 1.30. The predicted molar refractivity (Wildman–Crippen MR) is 62.8 cm³/mol. The van der Waals surface area contributed by atoms with Gasteiger partial charge in [0.1, 0.15) is 0 Å². The van der Waals surface area contributed by atoms with Crippen molar-refractivity contribution in [3.63, 3.8) is 0 Å². The van der Waals surface area contributed by atoms with Gasteiger partial charge in [0.05, 0.1) is 18.5 Å². The molecule has 0 aliphatic rings. The highest BCUT2D eigenvalue weighted by Gasteiger charge is 2.06. The molecule has 0 aromatic heterocycles. The van der Waals surface area contributed by atoms with Crippen LogP contribution in [-0.4, -0.2) is 51.9 Å². The summed E-state index contributed by atoms with van der Waals surface area (Å²) in [5, 5.41) is 0. The molecule has 0 aliphatic carbocycles. The highest BCUT2D eigenvalue weighted by molar-refractivity contribution is 8.13. The molecule has 92 valence electrons. The summed E-state index contributed by atoms with van der Waals surface area (Å²) in [5.74, 6) is 0.0317. The van der Waals surface area contributed by atoms with Crippen LogP contribution in [0.3, 0.4) is 0 Å². The smallest absolute Gasteiger partial charge is 0.232 e. The first-order valence-electron chi connectivity index (χ1n) is 5.04. The van der Waals surface area contributed by atoms with Crippen molar-refractivity contribution in [1.82, 2.24) is 4.90 Å². The summed E-state index contributed by atoms with van der Waals surface area (Å²) < 4.78 is 26.7. The Morgan fingerprint density at radius 3 is 2.40 bits per heavy atom. The van der Waals surface area contributed by atoms with E-state index in [9.17, 15) is 8.42 Å². The summed E-state index contributed by atoms with van der Waals surface area (Å²) in [6.07, 6.45) is 0.797. The van der Waals surface area contributed by atoms with Crippen LogP contribution in [-0.2, 0) is 13.8 Å². The number of hydrogen-bond acceptors (Lipinski definition) is 4. The fraction of sp³-hybridized carbons (Fsp3) is 1.00. The first-order chi connectivity index (χ1) is 6.81. The lowest BCUT2D eigenvalue weighted by Gasteiger charge is -2.16. The van der Waals surface area contributed by atoms with E-state index in [1.807, 2.05) is 25.8 Å². The fourth-order valence-corrected chi connectivity index (χ4v) is 1.86. The summed E-state index contributed by atoms with van der Waals surface area (Å²) >= 11 is 0. The molecule has 0 heterocycles. The van der Waals surface area contributed by atoms with Gasteiger partial charge in [-0.2, -0.15) is 0 Å². The number of hydrogen-bond donors (Lipinski definition) is 0. The summed E-state index contributed by atoms with van der Waals surface area (Å²) in [4.78, 5) is 2.03. The molecule has 0 aromatic carbocycles. The lowest BCUT2D eigenvalue weighted by molar-refractivity contribution is 0.0639. The third-order valence-corrected chi connectivity index (χ3v) is 3.09. The van der Waals surface area contributed by atoms with Crippen LogP contribution < -0.4 is 0 Å². The zero-order valence-corrected chi connectivity index (χ0v) is 11.1. The standard InChI is InChI=1S/C9H20ClNO3S/c1-9(2)14-7-6-11(3)5-4-8-15(10,12)13/h9H,4-8H2,1-3H3. The minimum Gasteiger partial charge on any atom is -0.377 e. The van der Waals surface area contributed by atoms with Crippen molar-refractivity contribution in [2.75, 3.05) is 32.5 Å². The molecular weight excluding hydrogens is 238 g/mol. The first kappa shape index (κ1) is 15.2. The molecule has 0 radical (unpaired) electrons. The van der Waals surface area contributed by atoms with E-state index in [-0.39, 0.29) is 11.9 Å². The van der Waals surface area contributed by atoms with Crippen molar-refractivity contribution < 1.29 is 13.2 Å². The van der Waals surface area contributed by atoms with Gasteiger partial charge in [0.25, 0.3) is 0 Å². The molecule has 0 rings (SSSR count). The van der Waals surface area contributed by atoms with Crippen LogP contribution in [0.5, 0.6) is 0 Å². The normalized spacial score (nSPS) is 12.7. The van der Waals surface area contributed by atoms with Gasteiger partial charge in [-0.1, -0.05) is 0 Å². The molecule has 15 heavy (non-hydrogen) atoms. The summed E-state index contributed by atoms with van der Waals surface area (Å²) in [7, 11) is 3.69. The Morgan fingerprint density at radius 2 is 1.93 bits per heavy atom.